The van der Waals surface area contributed by atoms with Crippen LogP contribution in [0.1, 0.15) is 21.5 Å². The molecule has 0 bridgehead atoms. The van der Waals surface area contributed by atoms with Crippen molar-refractivity contribution in [1.82, 2.24) is 5.43 Å². The van der Waals surface area contributed by atoms with E-state index in [1.54, 1.807) is 37.4 Å². The lowest BCUT2D eigenvalue weighted by molar-refractivity contribution is 0.0954. The summed E-state index contributed by atoms with van der Waals surface area (Å²) in [7, 11) is 4.62. The third-order valence-electron chi connectivity index (χ3n) is 4.45. The van der Waals surface area contributed by atoms with E-state index in [-0.39, 0.29) is 5.91 Å². The summed E-state index contributed by atoms with van der Waals surface area (Å²) in [6, 6.07) is 20.2. The van der Waals surface area contributed by atoms with Crippen LogP contribution in [-0.2, 0) is 6.61 Å². The highest BCUT2D eigenvalue weighted by atomic mass is 16.5. The van der Waals surface area contributed by atoms with Crippen molar-refractivity contribution in [1.29, 1.82) is 0 Å². The van der Waals surface area contributed by atoms with Crippen molar-refractivity contribution in [3.05, 3.63) is 83.4 Å². The van der Waals surface area contributed by atoms with Crippen LogP contribution in [0.5, 0.6) is 23.0 Å². The summed E-state index contributed by atoms with van der Waals surface area (Å²) in [5, 5.41) is 4.02. The average molecular weight is 420 g/mol. The molecule has 0 saturated heterocycles. The molecular weight excluding hydrogens is 396 g/mol. The molecule has 0 spiro atoms. The second kappa shape index (κ2) is 10.7. The van der Waals surface area contributed by atoms with E-state index in [2.05, 4.69) is 10.5 Å². The molecular formula is C24H24N2O5. The van der Waals surface area contributed by atoms with Gasteiger partial charge in [0.1, 0.15) is 6.61 Å². The second-order valence-corrected chi connectivity index (χ2v) is 6.45. The minimum absolute atomic E-state index is 0.369. The minimum Gasteiger partial charge on any atom is -0.493 e. The van der Waals surface area contributed by atoms with Gasteiger partial charge < -0.3 is 18.9 Å². The molecule has 0 aromatic heterocycles. The number of carbonyl (C=O) groups excluding carboxylic acids is 1. The predicted molar refractivity (Wildman–Crippen MR) is 118 cm³/mol. The lowest BCUT2D eigenvalue weighted by atomic mass is 10.2. The Morgan fingerprint density at radius 3 is 2.23 bits per heavy atom. The number of methoxy groups -OCH3 is 3. The molecule has 7 nitrogen and oxygen atoms in total. The molecule has 3 aromatic rings. The Kier molecular flexibility index (Phi) is 7.48. The van der Waals surface area contributed by atoms with Gasteiger partial charge in [-0.05, 0) is 47.5 Å². The highest BCUT2D eigenvalue weighted by molar-refractivity contribution is 5.95. The Morgan fingerprint density at radius 1 is 0.839 bits per heavy atom. The maximum absolute atomic E-state index is 12.3. The van der Waals surface area contributed by atoms with E-state index in [0.29, 0.717) is 35.2 Å². The van der Waals surface area contributed by atoms with Gasteiger partial charge >= 0.3 is 0 Å². The van der Waals surface area contributed by atoms with Gasteiger partial charge in [-0.15, -0.1) is 0 Å². The zero-order chi connectivity index (χ0) is 22.1. The number of hydrazone groups is 1. The van der Waals surface area contributed by atoms with Crippen molar-refractivity contribution in [2.24, 2.45) is 5.10 Å². The first-order valence-electron chi connectivity index (χ1n) is 9.54. The van der Waals surface area contributed by atoms with Crippen LogP contribution in [0.4, 0.5) is 0 Å². The Morgan fingerprint density at radius 2 is 1.52 bits per heavy atom. The summed E-state index contributed by atoms with van der Waals surface area (Å²) in [6.07, 6.45) is 1.53. The molecule has 7 heteroatoms. The first-order valence-corrected chi connectivity index (χ1v) is 9.54. The lowest BCUT2D eigenvalue weighted by Gasteiger charge is -2.11. The standard InChI is InChI=1S/C24H24N2O5/c1-28-20-12-10-19(14-23(20)30-3)24(27)26-25-15-18-9-11-21(22(13-18)29-2)31-16-17-7-5-4-6-8-17/h4-15H,16H2,1-3H3,(H,26,27)/b25-15-. The molecule has 0 aliphatic heterocycles. The van der Waals surface area contributed by atoms with E-state index in [1.165, 1.54) is 20.4 Å². The molecule has 160 valence electrons. The van der Waals surface area contributed by atoms with Crippen molar-refractivity contribution in [3.8, 4) is 23.0 Å². The Balaban J connectivity index is 1.63. The highest BCUT2D eigenvalue weighted by Gasteiger charge is 2.10. The number of hydrogen-bond donors (Lipinski definition) is 1. The first kappa shape index (κ1) is 21.7. The van der Waals surface area contributed by atoms with E-state index < -0.39 is 0 Å². The van der Waals surface area contributed by atoms with Crippen LogP contribution < -0.4 is 24.4 Å². The van der Waals surface area contributed by atoms with Gasteiger partial charge in [0, 0.05) is 5.56 Å². The third kappa shape index (κ3) is 5.76. The summed E-state index contributed by atoms with van der Waals surface area (Å²) in [5.74, 6) is 1.84. The van der Waals surface area contributed by atoms with Crippen LogP contribution in [0.15, 0.2) is 71.8 Å². The van der Waals surface area contributed by atoms with Crippen LogP contribution in [0.25, 0.3) is 0 Å². The van der Waals surface area contributed by atoms with Crippen molar-refractivity contribution >= 4 is 12.1 Å². The smallest absolute Gasteiger partial charge is 0.271 e. The van der Waals surface area contributed by atoms with Gasteiger partial charge in [0.15, 0.2) is 23.0 Å². The normalized spacial score (nSPS) is 10.5. The van der Waals surface area contributed by atoms with Crippen LogP contribution in [0.2, 0.25) is 0 Å². The number of benzene rings is 3. The molecule has 3 rings (SSSR count). The highest BCUT2D eigenvalue weighted by Crippen LogP contribution is 2.29. The molecule has 1 N–H and O–H groups in total. The number of amides is 1. The van der Waals surface area contributed by atoms with Crippen LogP contribution in [0.3, 0.4) is 0 Å². The molecule has 0 fully saturated rings. The number of hydrogen-bond acceptors (Lipinski definition) is 6. The lowest BCUT2D eigenvalue weighted by Crippen LogP contribution is -2.17. The number of rotatable bonds is 9. The maximum atomic E-state index is 12.3. The Hall–Kier alpha value is -4.00. The van der Waals surface area contributed by atoms with E-state index in [9.17, 15) is 4.79 Å². The molecule has 0 aliphatic rings. The van der Waals surface area contributed by atoms with Gasteiger partial charge in [0.2, 0.25) is 0 Å². The Labute approximate surface area is 181 Å². The number of nitrogens with one attached hydrogen (secondary N) is 1. The molecule has 0 radical (unpaired) electrons. The van der Waals surface area contributed by atoms with Gasteiger partial charge in [-0.1, -0.05) is 30.3 Å². The van der Waals surface area contributed by atoms with Gasteiger partial charge in [-0.25, -0.2) is 5.43 Å². The van der Waals surface area contributed by atoms with Crippen molar-refractivity contribution in [3.63, 3.8) is 0 Å². The molecule has 0 saturated carbocycles. The average Bonchev–Trinajstić information content (AvgIpc) is 2.83. The summed E-state index contributed by atoms with van der Waals surface area (Å²) in [6.45, 7) is 0.437. The topological polar surface area (TPSA) is 78.4 Å². The van der Waals surface area contributed by atoms with Crippen molar-refractivity contribution < 1.29 is 23.7 Å². The van der Waals surface area contributed by atoms with E-state index in [0.717, 1.165) is 11.1 Å². The zero-order valence-corrected chi connectivity index (χ0v) is 17.6. The van der Waals surface area contributed by atoms with Gasteiger partial charge in [-0.2, -0.15) is 5.10 Å². The quantitative estimate of drug-likeness (QED) is 0.417. The maximum Gasteiger partial charge on any atom is 0.271 e. The summed E-state index contributed by atoms with van der Waals surface area (Å²) >= 11 is 0. The largest absolute Gasteiger partial charge is 0.493 e. The monoisotopic (exact) mass is 420 g/mol. The molecule has 0 unspecified atom stereocenters. The molecule has 3 aromatic carbocycles. The fraction of sp³-hybridized carbons (Fsp3) is 0.167. The van der Waals surface area contributed by atoms with E-state index in [1.807, 2.05) is 36.4 Å². The summed E-state index contributed by atoms with van der Waals surface area (Å²) in [4.78, 5) is 12.3. The van der Waals surface area contributed by atoms with Crippen LogP contribution >= 0.6 is 0 Å². The van der Waals surface area contributed by atoms with Gasteiger partial charge in [-0.3, -0.25) is 4.79 Å². The van der Waals surface area contributed by atoms with Crippen LogP contribution in [0, 0.1) is 0 Å². The van der Waals surface area contributed by atoms with Crippen LogP contribution in [-0.4, -0.2) is 33.5 Å². The van der Waals surface area contributed by atoms with E-state index >= 15 is 0 Å². The molecule has 0 heterocycles. The second-order valence-electron chi connectivity index (χ2n) is 6.45. The van der Waals surface area contributed by atoms with E-state index in [4.69, 9.17) is 18.9 Å². The van der Waals surface area contributed by atoms with Crippen molar-refractivity contribution in [2.45, 2.75) is 6.61 Å². The molecule has 0 aliphatic carbocycles. The Bertz CT molecular complexity index is 1050. The predicted octanol–water partition coefficient (Wildman–Crippen LogP) is 4.06. The minimum atomic E-state index is -0.369. The third-order valence-corrected chi connectivity index (χ3v) is 4.45. The molecule has 31 heavy (non-hydrogen) atoms. The number of ether oxygens (including phenoxy) is 4. The zero-order valence-electron chi connectivity index (χ0n) is 17.6. The summed E-state index contributed by atoms with van der Waals surface area (Å²) in [5.41, 5.74) is 4.71. The van der Waals surface area contributed by atoms with Gasteiger partial charge in [0.05, 0.1) is 27.5 Å². The molecule has 0 atom stereocenters. The van der Waals surface area contributed by atoms with Gasteiger partial charge in [0.25, 0.3) is 5.91 Å². The number of carbonyl (C=O) groups is 1. The summed E-state index contributed by atoms with van der Waals surface area (Å²) < 4.78 is 21.7. The molecule has 1 amide bonds. The fourth-order valence-electron chi connectivity index (χ4n) is 2.83. The number of nitrogens with zero attached hydrogens (tertiary/aromatic N) is 1. The SMILES string of the molecule is COc1ccc(C(=O)N/N=C\c2ccc(OCc3ccccc3)c(OC)c2)cc1OC. The van der Waals surface area contributed by atoms with Crippen molar-refractivity contribution in [2.75, 3.05) is 21.3 Å². The fourth-order valence-corrected chi connectivity index (χ4v) is 2.83. The first-order chi connectivity index (χ1) is 15.1.